The Bertz CT molecular complexity index is 524. The van der Waals surface area contributed by atoms with Gasteiger partial charge in [0.1, 0.15) is 0 Å². The highest BCUT2D eigenvalue weighted by molar-refractivity contribution is 5.99. The van der Waals surface area contributed by atoms with Crippen molar-refractivity contribution in [2.75, 3.05) is 0 Å². The highest BCUT2D eigenvalue weighted by Gasteiger charge is 2.43. The van der Waals surface area contributed by atoms with E-state index in [0.29, 0.717) is 5.57 Å². The van der Waals surface area contributed by atoms with Gasteiger partial charge in [-0.1, -0.05) is 76.7 Å². The molecule has 0 heterocycles. The molecule has 2 fully saturated rings. The molecular weight excluding hydrogens is 320 g/mol. The average molecular weight is 359 g/mol. The van der Waals surface area contributed by atoms with E-state index in [2.05, 4.69) is 25.7 Å². The number of ketones is 1. The molecule has 2 saturated carbocycles. The summed E-state index contributed by atoms with van der Waals surface area (Å²) >= 11 is 0. The van der Waals surface area contributed by atoms with Crippen LogP contribution in [0, 0.1) is 23.7 Å². The molecule has 0 aromatic heterocycles. The van der Waals surface area contributed by atoms with Crippen LogP contribution in [0.2, 0.25) is 0 Å². The zero-order chi connectivity index (χ0) is 18.8. The summed E-state index contributed by atoms with van der Waals surface area (Å²) < 4.78 is 0. The molecule has 146 valence electrons. The summed E-state index contributed by atoms with van der Waals surface area (Å²) in [6, 6.07) is 0. The number of allylic oxidation sites excluding steroid dienone is 1. The van der Waals surface area contributed by atoms with Crippen LogP contribution in [0.4, 0.5) is 0 Å². The first-order valence-electron chi connectivity index (χ1n) is 11.1. The van der Waals surface area contributed by atoms with Crippen LogP contribution in [0.5, 0.6) is 0 Å². The molecule has 0 aliphatic heterocycles. The van der Waals surface area contributed by atoms with Crippen LogP contribution < -0.4 is 0 Å². The molecule has 0 spiro atoms. The van der Waals surface area contributed by atoms with E-state index in [0.717, 1.165) is 77.0 Å². The minimum Gasteiger partial charge on any atom is -0.373 e. The molecule has 0 bridgehead atoms. The fourth-order valence-corrected chi connectivity index (χ4v) is 4.55. The molecule has 1 unspecified atom stereocenters. The van der Waals surface area contributed by atoms with Gasteiger partial charge < -0.3 is 5.11 Å². The predicted molar refractivity (Wildman–Crippen MR) is 109 cm³/mol. The Balaban J connectivity index is 2.36. The molecule has 2 nitrogen and oxygen atoms in total. The number of carbonyl (C=O) groups excluding carboxylic acids is 1. The lowest BCUT2D eigenvalue weighted by Crippen LogP contribution is -2.44. The molecule has 0 aromatic rings. The Morgan fingerprint density at radius 3 is 2.19 bits per heavy atom. The number of Topliss-reactive ketones (excluding diaryl/α,β-unsaturated/α-hetero) is 1. The molecule has 1 atom stereocenters. The fraction of sp³-hybridized carbons (Fsp3) is 0.792. The number of hydrogen-bond donors (Lipinski definition) is 1. The van der Waals surface area contributed by atoms with E-state index in [9.17, 15) is 9.90 Å². The summed E-state index contributed by atoms with van der Waals surface area (Å²) in [6.07, 6.45) is 16.6. The highest BCUT2D eigenvalue weighted by atomic mass is 16.3. The minimum atomic E-state index is -1.24. The number of hydrogen-bond acceptors (Lipinski definition) is 2. The second kappa shape index (κ2) is 10.9. The summed E-state index contributed by atoms with van der Waals surface area (Å²) in [5, 5.41) is 11.8. The summed E-state index contributed by atoms with van der Waals surface area (Å²) in [4.78, 5) is 13.4. The van der Waals surface area contributed by atoms with Crippen molar-refractivity contribution < 1.29 is 9.90 Å². The van der Waals surface area contributed by atoms with Crippen molar-refractivity contribution in [1.29, 1.82) is 0 Å². The van der Waals surface area contributed by atoms with Gasteiger partial charge in [-0.3, -0.25) is 4.79 Å². The molecule has 2 rings (SSSR count). The smallest absolute Gasteiger partial charge is 0.165 e. The molecule has 0 amide bonds. The van der Waals surface area contributed by atoms with Crippen molar-refractivity contribution in [3.8, 4) is 11.8 Å². The first-order valence-corrected chi connectivity index (χ1v) is 11.1. The zero-order valence-corrected chi connectivity index (χ0v) is 17.0. The van der Waals surface area contributed by atoms with Gasteiger partial charge >= 0.3 is 0 Å². The third-order valence-corrected chi connectivity index (χ3v) is 6.14. The van der Waals surface area contributed by atoms with Crippen LogP contribution in [-0.2, 0) is 4.79 Å². The van der Waals surface area contributed by atoms with E-state index in [1.165, 1.54) is 12.8 Å². The van der Waals surface area contributed by atoms with Gasteiger partial charge in [0.2, 0.25) is 0 Å². The summed E-state index contributed by atoms with van der Waals surface area (Å²) in [6.45, 7) is 4.23. The minimum absolute atomic E-state index is 0.0925. The maximum absolute atomic E-state index is 13.4. The molecule has 2 aliphatic carbocycles. The van der Waals surface area contributed by atoms with E-state index in [1.807, 2.05) is 6.08 Å². The van der Waals surface area contributed by atoms with E-state index in [1.54, 1.807) is 0 Å². The van der Waals surface area contributed by atoms with Gasteiger partial charge in [0.05, 0.1) is 0 Å². The lowest BCUT2D eigenvalue weighted by molar-refractivity contribution is -0.122. The summed E-state index contributed by atoms with van der Waals surface area (Å²) in [7, 11) is 0. The molecule has 0 aromatic carbocycles. The lowest BCUT2D eigenvalue weighted by Gasteiger charge is -2.37. The van der Waals surface area contributed by atoms with Crippen LogP contribution in [0.25, 0.3) is 0 Å². The lowest BCUT2D eigenvalue weighted by atomic mass is 9.69. The van der Waals surface area contributed by atoms with Crippen LogP contribution in [0.1, 0.15) is 104 Å². The van der Waals surface area contributed by atoms with Crippen molar-refractivity contribution in [1.82, 2.24) is 0 Å². The topological polar surface area (TPSA) is 37.3 Å². The van der Waals surface area contributed by atoms with Crippen molar-refractivity contribution in [2.45, 2.75) is 109 Å². The Kier molecular flexibility index (Phi) is 8.93. The normalized spacial score (nSPS) is 22.3. The molecular formula is C24H38O2. The SMILES string of the molecule is CCCC#CC(O)(/C(=C/CCC)C(=O)C1CCCCC1)C1CCCCC1. The second-order valence-electron chi connectivity index (χ2n) is 8.26. The third-order valence-electron chi connectivity index (χ3n) is 6.14. The maximum Gasteiger partial charge on any atom is 0.165 e. The number of unbranched alkanes of at least 4 members (excludes halogenated alkanes) is 2. The van der Waals surface area contributed by atoms with E-state index >= 15 is 0 Å². The molecule has 0 radical (unpaired) electrons. The van der Waals surface area contributed by atoms with Crippen LogP contribution in [-0.4, -0.2) is 16.5 Å². The highest BCUT2D eigenvalue weighted by Crippen LogP contribution is 2.40. The van der Waals surface area contributed by atoms with Gasteiger partial charge in [-0.2, -0.15) is 0 Å². The Morgan fingerprint density at radius 1 is 1.00 bits per heavy atom. The van der Waals surface area contributed by atoms with Gasteiger partial charge in [0.25, 0.3) is 0 Å². The van der Waals surface area contributed by atoms with Crippen molar-refractivity contribution in [3.63, 3.8) is 0 Å². The monoisotopic (exact) mass is 358 g/mol. The van der Waals surface area contributed by atoms with Gasteiger partial charge in [-0.05, 0) is 38.5 Å². The predicted octanol–water partition coefficient (Wildman–Crippen LogP) is 5.98. The van der Waals surface area contributed by atoms with Gasteiger partial charge in [-0.15, -0.1) is 0 Å². The van der Waals surface area contributed by atoms with E-state index in [4.69, 9.17) is 0 Å². The van der Waals surface area contributed by atoms with E-state index < -0.39 is 5.60 Å². The van der Waals surface area contributed by atoms with Crippen molar-refractivity contribution in [2.24, 2.45) is 11.8 Å². The fourth-order valence-electron chi connectivity index (χ4n) is 4.55. The van der Waals surface area contributed by atoms with Crippen LogP contribution in [0.15, 0.2) is 11.6 Å². The number of aliphatic hydroxyl groups is 1. The average Bonchev–Trinajstić information content (AvgIpc) is 2.69. The first kappa shape index (κ1) is 21.2. The molecule has 1 N–H and O–H groups in total. The van der Waals surface area contributed by atoms with Crippen LogP contribution in [0.3, 0.4) is 0 Å². The van der Waals surface area contributed by atoms with Crippen LogP contribution >= 0.6 is 0 Å². The molecule has 2 heteroatoms. The van der Waals surface area contributed by atoms with Crippen molar-refractivity contribution in [3.05, 3.63) is 11.6 Å². The van der Waals surface area contributed by atoms with E-state index in [-0.39, 0.29) is 17.6 Å². The maximum atomic E-state index is 13.4. The quantitative estimate of drug-likeness (QED) is 0.449. The number of rotatable bonds is 7. The Hall–Kier alpha value is -1.07. The standard InChI is InChI=1S/C24H38O2/c1-3-5-13-19-24(26,21-16-11-8-12-17-21)22(18-6-4-2)23(25)20-14-9-7-10-15-20/h18,20-21,26H,3-12,14-17H2,1-2H3/b22-18+. The Labute approximate surface area is 160 Å². The van der Waals surface area contributed by atoms with Gasteiger partial charge in [0.15, 0.2) is 11.4 Å². The Morgan fingerprint density at radius 2 is 1.62 bits per heavy atom. The third kappa shape index (κ3) is 5.46. The molecule has 26 heavy (non-hydrogen) atoms. The summed E-state index contributed by atoms with van der Waals surface area (Å²) in [5.41, 5.74) is -0.596. The van der Waals surface area contributed by atoms with Gasteiger partial charge in [-0.25, -0.2) is 0 Å². The largest absolute Gasteiger partial charge is 0.373 e. The first-order chi connectivity index (χ1) is 12.6. The second-order valence-corrected chi connectivity index (χ2v) is 8.26. The van der Waals surface area contributed by atoms with Gasteiger partial charge in [0, 0.05) is 23.8 Å². The number of carbonyl (C=O) groups is 1. The molecule has 0 saturated heterocycles. The molecule has 2 aliphatic rings. The zero-order valence-electron chi connectivity index (χ0n) is 17.0. The van der Waals surface area contributed by atoms with Crippen molar-refractivity contribution >= 4 is 5.78 Å². The summed E-state index contributed by atoms with van der Waals surface area (Å²) in [5.74, 6) is 6.80.